The molecule has 0 bridgehead atoms. The molecule has 1 saturated heterocycles. The highest BCUT2D eigenvalue weighted by atomic mass is 33.1. The van der Waals surface area contributed by atoms with E-state index in [9.17, 15) is 33.4 Å². The first-order valence-electron chi connectivity index (χ1n) is 10.7. The number of carbonyl (C=O) groups is 1. The van der Waals surface area contributed by atoms with E-state index in [1.165, 1.54) is 32.5 Å². The molecule has 20 nitrogen and oxygen atoms in total. The van der Waals surface area contributed by atoms with Crippen LogP contribution in [0.1, 0.15) is 19.6 Å². The average Bonchev–Trinajstić information content (AvgIpc) is 3.36. The minimum Gasteiger partial charge on any atom is -0.756 e. The van der Waals surface area contributed by atoms with E-state index in [0.29, 0.717) is 5.75 Å². The highest BCUT2D eigenvalue weighted by Crippen LogP contribution is 2.65. The summed E-state index contributed by atoms with van der Waals surface area (Å²) in [5.41, 5.74) is 5.96. The maximum Gasteiger partial charge on any atom is 0.487 e. The van der Waals surface area contributed by atoms with E-state index in [2.05, 4.69) is 33.4 Å². The minimum absolute atomic E-state index is 0.0650. The Morgan fingerprint density at radius 1 is 1.32 bits per heavy atom. The monoisotopic (exact) mass is 669 g/mol. The number of fused-ring (bicyclic) bond motifs is 1. The van der Waals surface area contributed by atoms with Crippen molar-refractivity contribution >= 4 is 74.1 Å². The van der Waals surface area contributed by atoms with Gasteiger partial charge in [-0.05, 0) is 13.2 Å². The van der Waals surface area contributed by atoms with E-state index < -0.39 is 60.7 Å². The Labute approximate surface area is 233 Å². The largest absolute Gasteiger partial charge is 0.756 e. The molecule has 0 radical (unpaired) electrons. The molecule has 226 valence electrons. The quantitative estimate of drug-likeness (QED) is 0.126. The van der Waals surface area contributed by atoms with Crippen molar-refractivity contribution in [3.05, 3.63) is 6.33 Å². The molecule has 1 aliphatic rings. The van der Waals surface area contributed by atoms with Gasteiger partial charge in [0.2, 0.25) is 5.95 Å². The van der Waals surface area contributed by atoms with Gasteiger partial charge in [0.05, 0.1) is 19.0 Å². The van der Waals surface area contributed by atoms with Gasteiger partial charge in [-0.25, -0.2) is 23.2 Å². The van der Waals surface area contributed by atoms with Crippen molar-refractivity contribution in [2.75, 3.05) is 29.7 Å². The van der Waals surface area contributed by atoms with Crippen molar-refractivity contribution in [3.8, 4) is 0 Å². The zero-order valence-corrected chi connectivity index (χ0v) is 24.7. The zero-order valence-electron chi connectivity index (χ0n) is 20.4. The lowest BCUT2D eigenvalue weighted by atomic mass is 10.2. The Bertz CT molecular complexity index is 1360. The third-order valence-electron chi connectivity index (χ3n) is 4.71. The van der Waals surface area contributed by atoms with E-state index >= 15 is 0 Å². The first-order valence-corrected chi connectivity index (χ1v) is 17.9. The topological polar surface area (TPSA) is 300 Å². The van der Waals surface area contributed by atoms with E-state index in [-0.39, 0.29) is 29.4 Å². The lowest BCUT2D eigenvalue weighted by Gasteiger charge is -2.26. The molecule has 3 rings (SSSR count). The third kappa shape index (κ3) is 9.60. The summed E-state index contributed by atoms with van der Waals surface area (Å²) in [7, 11) is -14.0. The molecule has 3 heterocycles. The zero-order chi connectivity index (χ0) is 29.9. The number of nitrogen functional groups attached to an aromatic ring is 1. The number of aliphatic hydroxyl groups is 1. The summed E-state index contributed by atoms with van der Waals surface area (Å²) in [5.74, 6) is 0.236. The van der Waals surface area contributed by atoms with E-state index in [0.717, 1.165) is 0 Å². The van der Waals surface area contributed by atoms with Crippen LogP contribution in [0.15, 0.2) is 6.33 Å². The number of aromatic nitrogens is 4. The second-order valence-corrected chi connectivity index (χ2v) is 14.8. The number of carbonyl (C=O) groups excluding carboxylic acids is 1. The molecule has 0 aliphatic carbocycles. The SMILES string of the molecule is CSSCC(C)OC(=O)Nc1nc(N)nc2c1ncn2[C@H]1C[C@@H](O)[C@@H](COP(=O)([O-])OP(=O)(O)OP(=O)(O)O)O1. The van der Waals surface area contributed by atoms with Crippen LogP contribution in [0.5, 0.6) is 0 Å². The summed E-state index contributed by atoms with van der Waals surface area (Å²) in [6.45, 7) is 0.782. The van der Waals surface area contributed by atoms with Gasteiger partial charge in [0, 0.05) is 12.2 Å². The molecule has 1 fully saturated rings. The fourth-order valence-corrected chi connectivity index (χ4v) is 7.61. The number of nitrogens with one attached hydrogen (secondary N) is 1. The Balaban J connectivity index is 1.68. The molecule has 3 unspecified atom stereocenters. The van der Waals surface area contributed by atoms with Gasteiger partial charge in [-0.15, -0.1) is 0 Å². The smallest absolute Gasteiger partial charge is 0.487 e. The standard InChI is InChI=1S/C15H25N6O14P3S2/c1-7(5-40-39-2)32-15(23)19-12-11-13(20-14(16)18-12)21(6-17-11)10-3-8(22)9(33-10)4-31-37(27,28)35-38(29,30)34-36(24,25)26/h6-10,22H,3-5H2,1-2H3,(H,27,28)(H,29,30)(H2,24,25,26)(H3,16,18,19,20,23)/p-1/t7?,8-,9-,10-/m1/s1. The van der Waals surface area contributed by atoms with Crippen molar-refractivity contribution < 1.29 is 65.8 Å². The Morgan fingerprint density at radius 3 is 2.67 bits per heavy atom. The molecular weight excluding hydrogens is 645 g/mol. The van der Waals surface area contributed by atoms with Crippen LogP contribution in [0.25, 0.3) is 11.2 Å². The highest BCUT2D eigenvalue weighted by molar-refractivity contribution is 8.76. The van der Waals surface area contributed by atoms with Gasteiger partial charge in [0.1, 0.15) is 18.4 Å². The van der Waals surface area contributed by atoms with E-state index in [4.69, 9.17) is 25.0 Å². The predicted molar refractivity (Wildman–Crippen MR) is 137 cm³/mol. The second kappa shape index (κ2) is 13.3. The first-order chi connectivity index (χ1) is 18.5. The predicted octanol–water partition coefficient (Wildman–Crippen LogP) is 0.716. The van der Waals surface area contributed by atoms with Gasteiger partial charge in [0.15, 0.2) is 17.0 Å². The molecule has 25 heteroatoms. The maximum absolute atomic E-state index is 12.3. The number of amides is 1. The molecule has 40 heavy (non-hydrogen) atoms. The number of anilines is 2. The lowest BCUT2D eigenvalue weighted by Crippen LogP contribution is -2.27. The summed E-state index contributed by atoms with van der Waals surface area (Å²) in [5, 5.41) is 12.8. The molecule has 0 spiro atoms. The molecular formula is C15H24N6O14P3S2-. The van der Waals surface area contributed by atoms with Crippen molar-refractivity contribution in [1.82, 2.24) is 19.5 Å². The van der Waals surface area contributed by atoms with Crippen LogP contribution in [0, 0.1) is 0 Å². The number of phosphoric ester groups is 1. The van der Waals surface area contributed by atoms with Gasteiger partial charge in [-0.3, -0.25) is 14.4 Å². The van der Waals surface area contributed by atoms with Crippen LogP contribution >= 0.6 is 45.1 Å². The van der Waals surface area contributed by atoms with Gasteiger partial charge in [-0.1, -0.05) is 21.6 Å². The number of phosphoric acid groups is 3. The van der Waals surface area contributed by atoms with Crippen LogP contribution in [0.2, 0.25) is 0 Å². The van der Waals surface area contributed by atoms with Crippen LogP contribution < -0.4 is 15.9 Å². The fraction of sp³-hybridized carbons (Fsp3) is 0.600. The van der Waals surface area contributed by atoms with Crippen LogP contribution in [-0.2, 0) is 36.3 Å². The number of imidazole rings is 1. The molecule has 1 aliphatic heterocycles. The number of rotatable bonds is 13. The van der Waals surface area contributed by atoms with Crippen LogP contribution in [0.4, 0.5) is 16.6 Å². The Kier molecular flexibility index (Phi) is 11.0. The van der Waals surface area contributed by atoms with Crippen molar-refractivity contribution in [2.24, 2.45) is 0 Å². The van der Waals surface area contributed by atoms with E-state index in [1.807, 2.05) is 6.26 Å². The fourth-order valence-electron chi connectivity index (χ4n) is 3.24. The number of nitrogens with two attached hydrogens (primary N) is 1. The third-order valence-corrected chi connectivity index (χ3v) is 10.4. The summed E-state index contributed by atoms with van der Waals surface area (Å²) in [6.07, 6.45) is -1.88. The summed E-state index contributed by atoms with van der Waals surface area (Å²) >= 11 is 0. The van der Waals surface area contributed by atoms with Crippen LogP contribution in [-0.4, -0.2) is 82.3 Å². The normalized spacial score (nSPS) is 23.4. The minimum atomic E-state index is -5.77. The van der Waals surface area contributed by atoms with Gasteiger partial charge < -0.3 is 44.4 Å². The molecule has 0 saturated carbocycles. The maximum atomic E-state index is 12.3. The van der Waals surface area contributed by atoms with Crippen molar-refractivity contribution in [1.29, 1.82) is 0 Å². The first kappa shape index (κ1) is 33.2. The molecule has 2 aromatic rings. The number of ether oxygens (including phenoxy) is 2. The number of hydrogen-bond donors (Lipinski definition) is 6. The van der Waals surface area contributed by atoms with Crippen molar-refractivity contribution in [3.63, 3.8) is 0 Å². The summed E-state index contributed by atoms with van der Waals surface area (Å²) < 4.78 is 57.7. The van der Waals surface area contributed by atoms with Crippen molar-refractivity contribution in [2.45, 2.75) is 37.9 Å². The second-order valence-electron chi connectivity index (χ2n) is 7.84. The number of hydrogen-bond acceptors (Lipinski definition) is 17. The number of aliphatic hydroxyl groups excluding tert-OH is 1. The Hall–Kier alpha value is -1.35. The number of nitrogens with zero attached hydrogens (tertiary/aromatic N) is 4. The molecule has 0 aromatic carbocycles. The van der Waals surface area contributed by atoms with Crippen LogP contribution in [0.3, 0.4) is 0 Å². The molecule has 6 atom stereocenters. The summed E-state index contributed by atoms with van der Waals surface area (Å²) in [6, 6.07) is 0. The highest BCUT2D eigenvalue weighted by Gasteiger charge is 2.40. The lowest BCUT2D eigenvalue weighted by molar-refractivity contribution is -0.221. The summed E-state index contributed by atoms with van der Waals surface area (Å²) in [4.78, 5) is 62.7. The van der Waals surface area contributed by atoms with E-state index in [1.54, 1.807) is 6.92 Å². The molecule has 7 N–H and O–H groups in total. The van der Waals surface area contributed by atoms with Gasteiger partial charge in [-0.2, -0.15) is 14.3 Å². The van der Waals surface area contributed by atoms with Gasteiger partial charge in [0.25, 0.3) is 7.82 Å². The Morgan fingerprint density at radius 2 is 2.02 bits per heavy atom. The molecule has 1 amide bonds. The van der Waals surface area contributed by atoms with Gasteiger partial charge >= 0.3 is 21.7 Å². The average molecular weight is 669 g/mol. The molecule has 2 aromatic heterocycles.